The van der Waals surface area contributed by atoms with Crippen molar-refractivity contribution in [3.8, 4) is 0 Å². The molecule has 7 heteroatoms. The van der Waals surface area contributed by atoms with Gasteiger partial charge < -0.3 is 19.8 Å². The van der Waals surface area contributed by atoms with Gasteiger partial charge in [-0.15, -0.1) is 0 Å². The lowest BCUT2D eigenvalue weighted by molar-refractivity contribution is -0.146. The van der Waals surface area contributed by atoms with E-state index in [0.717, 1.165) is 0 Å². The van der Waals surface area contributed by atoms with Crippen molar-refractivity contribution in [1.29, 1.82) is 0 Å². The molecule has 0 saturated heterocycles. The molecule has 106 valence electrons. The van der Waals surface area contributed by atoms with Crippen molar-refractivity contribution in [3.05, 3.63) is 11.5 Å². The van der Waals surface area contributed by atoms with Crippen LogP contribution in [0.2, 0.25) is 0 Å². The fourth-order valence-electron chi connectivity index (χ4n) is 1.77. The molecule has 0 amide bonds. The predicted molar refractivity (Wildman–Crippen MR) is 68.7 cm³/mol. The van der Waals surface area contributed by atoms with E-state index in [1.165, 1.54) is 4.57 Å². The van der Waals surface area contributed by atoms with Crippen LogP contribution in [0.25, 0.3) is 0 Å². The standard InChI is InChI=1S/C12H19N3O4/c1-5-18-11(16)7(3)15-8(4)14-9(10(15)13)12(17)19-6-2/h7H,5-6,13H2,1-4H3. The Balaban J connectivity index is 3.09. The van der Waals surface area contributed by atoms with E-state index in [9.17, 15) is 9.59 Å². The summed E-state index contributed by atoms with van der Waals surface area (Å²) in [7, 11) is 0. The molecule has 1 atom stereocenters. The van der Waals surface area contributed by atoms with E-state index in [1.54, 1.807) is 27.7 Å². The fourth-order valence-corrected chi connectivity index (χ4v) is 1.77. The molecule has 1 rings (SSSR count). The molecule has 1 aromatic heterocycles. The Bertz CT molecular complexity index is 482. The van der Waals surface area contributed by atoms with Crippen LogP contribution in [0.1, 0.15) is 43.1 Å². The van der Waals surface area contributed by atoms with E-state index >= 15 is 0 Å². The highest BCUT2D eigenvalue weighted by atomic mass is 16.5. The Labute approximate surface area is 111 Å². The largest absolute Gasteiger partial charge is 0.464 e. The zero-order valence-corrected chi connectivity index (χ0v) is 11.6. The predicted octanol–water partition coefficient (Wildman–Crippen LogP) is 1.07. The SMILES string of the molecule is CCOC(=O)c1nc(C)n(C(C)C(=O)OCC)c1N. The van der Waals surface area contributed by atoms with Crippen molar-refractivity contribution in [1.82, 2.24) is 9.55 Å². The second-order valence-corrected chi connectivity index (χ2v) is 3.91. The number of hydrogen-bond acceptors (Lipinski definition) is 6. The normalized spacial score (nSPS) is 12.0. The first kappa shape index (κ1) is 15.0. The maximum Gasteiger partial charge on any atom is 0.360 e. The highest BCUT2D eigenvalue weighted by molar-refractivity contribution is 5.92. The molecule has 0 aliphatic heterocycles. The molecule has 1 unspecified atom stereocenters. The average molecular weight is 269 g/mol. The van der Waals surface area contributed by atoms with Crippen LogP contribution in [-0.4, -0.2) is 34.7 Å². The molecule has 1 heterocycles. The van der Waals surface area contributed by atoms with Crippen molar-refractivity contribution in [2.75, 3.05) is 18.9 Å². The zero-order chi connectivity index (χ0) is 14.6. The molecule has 7 nitrogen and oxygen atoms in total. The lowest BCUT2D eigenvalue weighted by Crippen LogP contribution is -2.22. The van der Waals surface area contributed by atoms with Gasteiger partial charge in [0.25, 0.3) is 0 Å². The fraction of sp³-hybridized carbons (Fsp3) is 0.583. The van der Waals surface area contributed by atoms with Crippen molar-refractivity contribution in [2.24, 2.45) is 0 Å². The first-order valence-corrected chi connectivity index (χ1v) is 6.12. The minimum Gasteiger partial charge on any atom is -0.464 e. The number of aromatic nitrogens is 2. The molecule has 0 bridgehead atoms. The van der Waals surface area contributed by atoms with Crippen molar-refractivity contribution >= 4 is 17.8 Å². The van der Waals surface area contributed by atoms with Gasteiger partial charge in [-0.3, -0.25) is 0 Å². The van der Waals surface area contributed by atoms with E-state index in [2.05, 4.69) is 4.98 Å². The molecule has 0 spiro atoms. The number of carbonyl (C=O) groups excluding carboxylic acids is 2. The lowest BCUT2D eigenvalue weighted by Gasteiger charge is -2.15. The molecule has 0 saturated carbocycles. The number of nitrogen functional groups attached to an aromatic ring is 1. The van der Waals surface area contributed by atoms with Gasteiger partial charge in [-0.05, 0) is 27.7 Å². The van der Waals surface area contributed by atoms with Gasteiger partial charge in [0.15, 0.2) is 5.69 Å². The number of carbonyl (C=O) groups is 2. The second-order valence-electron chi connectivity index (χ2n) is 3.91. The van der Waals surface area contributed by atoms with Gasteiger partial charge in [0.2, 0.25) is 0 Å². The molecular formula is C12H19N3O4. The molecule has 0 fully saturated rings. The van der Waals surface area contributed by atoms with Gasteiger partial charge in [-0.25, -0.2) is 14.6 Å². The molecule has 2 N–H and O–H groups in total. The molecule has 1 aromatic rings. The van der Waals surface area contributed by atoms with Crippen LogP contribution >= 0.6 is 0 Å². The number of imidazole rings is 1. The van der Waals surface area contributed by atoms with E-state index in [1.807, 2.05) is 0 Å². The van der Waals surface area contributed by atoms with Crippen molar-refractivity contribution < 1.29 is 19.1 Å². The summed E-state index contributed by atoms with van der Waals surface area (Å²) in [5.74, 6) is -0.458. The third kappa shape index (κ3) is 3.04. The number of rotatable bonds is 5. The highest BCUT2D eigenvalue weighted by Gasteiger charge is 2.26. The Morgan fingerprint density at radius 1 is 1.32 bits per heavy atom. The van der Waals surface area contributed by atoms with Crippen LogP contribution in [0.4, 0.5) is 5.82 Å². The van der Waals surface area contributed by atoms with E-state index in [0.29, 0.717) is 5.82 Å². The monoisotopic (exact) mass is 269 g/mol. The van der Waals surface area contributed by atoms with Crippen LogP contribution < -0.4 is 5.73 Å². The van der Waals surface area contributed by atoms with Gasteiger partial charge >= 0.3 is 11.9 Å². The van der Waals surface area contributed by atoms with E-state index in [4.69, 9.17) is 15.2 Å². The molecule has 19 heavy (non-hydrogen) atoms. The number of nitrogens with zero attached hydrogens (tertiary/aromatic N) is 2. The van der Waals surface area contributed by atoms with Crippen LogP contribution in [0.3, 0.4) is 0 Å². The Hall–Kier alpha value is -2.05. The number of hydrogen-bond donors (Lipinski definition) is 1. The molecular weight excluding hydrogens is 250 g/mol. The summed E-state index contributed by atoms with van der Waals surface area (Å²) in [5, 5.41) is 0. The number of ether oxygens (including phenoxy) is 2. The van der Waals surface area contributed by atoms with Crippen molar-refractivity contribution in [2.45, 2.75) is 33.7 Å². The smallest absolute Gasteiger partial charge is 0.360 e. The van der Waals surface area contributed by atoms with Crippen LogP contribution in [0.5, 0.6) is 0 Å². The van der Waals surface area contributed by atoms with Crippen LogP contribution in [-0.2, 0) is 14.3 Å². The summed E-state index contributed by atoms with van der Waals surface area (Å²) in [6.45, 7) is 7.23. The average Bonchev–Trinajstić information content (AvgIpc) is 2.65. The first-order valence-electron chi connectivity index (χ1n) is 6.12. The van der Waals surface area contributed by atoms with Gasteiger partial charge in [-0.1, -0.05) is 0 Å². The molecule has 0 radical (unpaired) electrons. The van der Waals surface area contributed by atoms with Gasteiger partial charge in [0, 0.05) is 0 Å². The van der Waals surface area contributed by atoms with Gasteiger partial charge in [-0.2, -0.15) is 0 Å². The van der Waals surface area contributed by atoms with Crippen LogP contribution in [0, 0.1) is 6.92 Å². The molecule has 0 aliphatic rings. The Kier molecular flexibility index (Phi) is 4.91. The van der Waals surface area contributed by atoms with Gasteiger partial charge in [0.1, 0.15) is 17.7 Å². The van der Waals surface area contributed by atoms with E-state index < -0.39 is 18.0 Å². The Morgan fingerprint density at radius 3 is 2.42 bits per heavy atom. The minimum atomic E-state index is -0.643. The Morgan fingerprint density at radius 2 is 1.89 bits per heavy atom. The summed E-state index contributed by atoms with van der Waals surface area (Å²) in [6.07, 6.45) is 0. The van der Waals surface area contributed by atoms with Gasteiger partial charge in [0.05, 0.1) is 13.2 Å². The zero-order valence-electron chi connectivity index (χ0n) is 11.6. The first-order chi connectivity index (χ1) is 8.93. The second kappa shape index (κ2) is 6.21. The summed E-state index contributed by atoms with van der Waals surface area (Å²) in [5.41, 5.74) is 5.89. The summed E-state index contributed by atoms with van der Waals surface area (Å²) in [6, 6.07) is -0.643. The number of esters is 2. The minimum absolute atomic E-state index is 0.0236. The topological polar surface area (TPSA) is 96.4 Å². The molecule has 0 aromatic carbocycles. The lowest BCUT2D eigenvalue weighted by atomic mass is 10.3. The maximum atomic E-state index is 11.7. The summed E-state index contributed by atoms with van der Waals surface area (Å²) >= 11 is 0. The third-order valence-electron chi connectivity index (χ3n) is 2.61. The summed E-state index contributed by atoms with van der Waals surface area (Å²) in [4.78, 5) is 27.4. The number of nitrogens with two attached hydrogens (primary N) is 1. The maximum absolute atomic E-state index is 11.7. The quantitative estimate of drug-likeness (QED) is 0.803. The van der Waals surface area contributed by atoms with E-state index in [-0.39, 0.29) is 24.7 Å². The number of aryl methyl sites for hydroxylation is 1. The third-order valence-corrected chi connectivity index (χ3v) is 2.61. The highest BCUT2D eigenvalue weighted by Crippen LogP contribution is 2.21. The summed E-state index contributed by atoms with van der Waals surface area (Å²) < 4.78 is 11.2. The molecule has 0 aliphatic carbocycles. The van der Waals surface area contributed by atoms with Crippen molar-refractivity contribution in [3.63, 3.8) is 0 Å². The van der Waals surface area contributed by atoms with Crippen LogP contribution in [0.15, 0.2) is 0 Å². The number of anilines is 1.